The van der Waals surface area contributed by atoms with E-state index in [1.807, 2.05) is 30.5 Å². The number of nitriles is 1. The molecule has 0 amide bonds. The number of benzene rings is 1. The molecule has 9 heteroatoms. The Balaban J connectivity index is 1.67. The Labute approximate surface area is 186 Å². The molecule has 0 bridgehead atoms. The maximum atomic E-state index is 9.42. The molecule has 0 radical (unpaired) electrons. The average molecular weight is 435 g/mol. The highest BCUT2D eigenvalue weighted by Crippen LogP contribution is 2.27. The lowest BCUT2D eigenvalue weighted by Gasteiger charge is -2.44. The molecule has 158 valence electrons. The van der Waals surface area contributed by atoms with Gasteiger partial charge in [-0.1, -0.05) is 37.6 Å². The van der Waals surface area contributed by atoms with Gasteiger partial charge in [0.15, 0.2) is 6.19 Å². The molecule has 0 aliphatic carbocycles. The molecule has 4 rings (SSSR count). The van der Waals surface area contributed by atoms with Crippen LogP contribution in [0.2, 0.25) is 5.15 Å². The lowest BCUT2D eigenvalue weighted by Crippen LogP contribution is -2.59. The maximum absolute atomic E-state index is 9.42. The van der Waals surface area contributed by atoms with Gasteiger partial charge in [-0.25, -0.2) is 15.0 Å². The Morgan fingerprint density at radius 3 is 2.90 bits per heavy atom. The van der Waals surface area contributed by atoms with Gasteiger partial charge in [0.05, 0.1) is 11.7 Å². The van der Waals surface area contributed by atoms with E-state index < -0.39 is 0 Å². The molecule has 3 heterocycles. The van der Waals surface area contributed by atoms with Crippen LogP contribution in [0.3, 0.4) is 0 Å². The monoisotopic (exact) mass is 434 g/mol. The minimum atomic E-state index is 0.104. The van der Waals surface area contributed by atoms with E-state index in [0.29, 0.717) is 42.6 Å². The van der Waals surface area contributed by atoms with Crippen molar-refractivity contribution in [2.75, 3.05) is 24.5 Å². The van der Waals surface area contributed by atoms with Crippen molar-refractivity contribution >= 4 is 40.0 Å². The molecule has 1 fully saturated rings. The number of hydrogen-bond acceptors (Lipinski definition) is 6. The van der Waals surface area contributed by atoms with Crippen LogP contribution in [0.25, 0.3) is 10.8 Å². The fourth-order valence-corrected chi connectivity index (χ4v) is 3.97. The predicted octanol–water partition coefficient (Wildman–Crippen LogP) is 3.58. The summed E-state index contributed by atoms with van der Waals surface area (Å²) in [5.74, 6) is 1.47. The Kier molecular flexibility index (Phi) is 6.14. The van der Waals surface area contributed by atoms with Crippen molar-refractivity contribution in [1.82, 2.24) is 25.2 Å². The van der Waals surface area contributed by atoms with Crippen molar-refractivity contribution in [2.24, 2.45) is 10.9 Å². The van der Waals surface area contributed by atoms with E-state index in [2.05, 4.69) is 50.1 Å². The number of anilines is 1. The van der Waals surface area contributed by atoms with Crippen molar-refractivity contribution in [1.29, 1.82) is 5.26 Å². The number of fused-ring (bicyclic) bond motifs is 1. The fourth-order valence-electron chi connectivity index (χ4n) is 3.84. The third-order valence-corrected chi connectivity index (χ3v) is 5.61. The Hall–Kier alpha value is -3.44. The number of aliphatic imine (C=N–C) groups is 1. The van der Waals surface area contributed by atoms with Crippen molar-refractivity contribution in [2.45, 2.75) is 19.9 Å². The molecule has 0 saturated carbocycles. The van der Waals surface area contributed by atoms with Crippen LogP contribution in [0.5, 0.6) is 0 Å². The topological polar surface area (TPSA) is 93.3 Å². The fraction of sp³-hybridized carbons (Fsp3) is 0.318. The van der Waals surface area contributed by atoms with Crippen LogP contribution in [-0.4, -0.2) is 51.5 Å². The molecular formula is C22H23ClN8. The number of pyridine rings is 1. The van der Waals surface area contributed by atoms with Gasteiger partial charge in [0, 0.05) is 49.0 Å². The summed E-state index contributed by atoms with van der Waals surface area (Å²) in [6.07, 6.45) is 7.28. The van der Waals surface area contributed by atoms with Crippen LogP contribution in [0.15, 0.2) is 53.9 Å². The number of nitrogens with one attached hydrogen (secondary N) is 1. The summed E-state index contributed by atoms with van der Waals surface area (Å²) >= 11 is 6.06. The van der Waals surface area contributed by atoms with Gasteiger partial charge in [-0.2, -0.15) is 5.26 Å². The number of nitrogens with zero attached hydrogens (tertiary/aromatic N) is 7. The summed E-state index contributed by atoms with van der Waals surface area (Å²) in [4.78, 5) is 22.1. The quantitative estimate of drug-likeness (QED) is 0.221. The van der Waals surface area contributed by atoms with E-state index in [9.17, 15) is 5.26 Å². The highest BCUT2D eigenvalue weighted by molar-refractivity contribution is 6.29. The Morgan fingerprint density at radius 2 is 2.13 bits per heavy atom. The third kappa shape index (κ3) is 4.52. The van der Waals surface area contributed by atoms with Crippen molar-refractivity contribution in [3.05, 3.63) is 54.1 Å². The van der Waals surface area contributed by atoms with Crippen LogP contribution in [0, 0.1) is 17.4 Å². The second-order valence-electron chi connectivity index (χ2n) is 7.68. The molecule has 1 aliphatic heterocycles. The molecule has 1 unspecified atom stereocenters. The van der Waals surface area contributed by atoms with Crippen molar-refractivity contribution in [3.63, 3.8) is 0 Å². The predicted molar refractivity (Wildman–Crippen MR) is 122 cm³/mol. The molecular weight excluding hydrogens is 412 g/mol. The van der Waals surface area contributed by atoms with E-state index in [1.54, 1.807) is 18.5 Å². The number of piperazine rings is 1. The zero-order valence-electron chi connectivity index (χ0n) is 17.4. The number of halogens is 1. The first-order valence-electron chi connectivity index (χ1n) is 10.1. The Bertz CT molecular complexity index is 1130. The average Bonchev–Trinajstić information content (AvgIpc) is 2.78. The molecule has 1 atom stereocenters. The Morgan fingerprint density at radius 1 is 1.26 bits per heavy atom. The number of aromatic nitrogens is 3. The number of hydrogen-bond donors (Lipinski definition) is 1. The molecule has 3 aromatic rings. The van der Waals surface area contributed by atoms with Gasteiger partial charge in [0.25, 0.3) is 0 Å². The summed E-state index contributed by atoms with van der Waals surface area (Å²) < 4.78 is 0. The number of guanidine groups is 1. The first-order chi connectivity index (χ1) is 15.1. The number of rotatable bonds is 3. The highest BCUT2D eigenvalue weighted by Gasteiger charge is 2.32. The van der Waals surface area contributed by atoms with Gasteiger partial charge in [0.1, 0.15) is 5.15 Å². The van der Waals surface area contributed by atoms with E-state index in [4.69, 9.17) is 16.6 Å². The summed E-state index contributed by atoms with van der Waals surface area (Å²) in [7, 11) is 0. The SMILES string of the molecule is CC(C)C1CN(c2nccc(Cl)n2)CCN1C(=Nc1cccc2cnccc12)NC#N. The van der Waals surface area contributed by atoms with Gasteiger partial charge < -0.3 is 9.80 Å². The minimum Gasteiger partial charge on any atom is -0.337 e. The normalized spacial score (nSPS) is 17.1. The van der Waals surface area contributed by atoms with Crippen molar-refractivity contribution < 1.29 is 0 Å². The van der Waals surface area contributed by atoms with Crippen LogP contribution in [0.4, 0.5) is 11.6 Å². The zero-order valence-corrected chi connectivity index (χ0v) is 18.2. The van der Waals surface area contributed by atoms with Crippen molar-refractivity contribution in [3.8, 4) is 6.19 Å². The lowest BCUT2D eigenvalue weighted by atomic mass is 10.00. The third-order valence-electron chi connectivity index (χ3n) is 5.40. The van der Waals surface area contributed by atoms with Gasteiger partial charge in [0.2, 0.25) is 11.9 Å². The molecule has 1 aliphatic rings. The van der Waals surface area contributed by atoms with Crippen LogP contribution >= 0.6 is 11.6 Å². The minimum absolute atomic E-state index is 0.104. The molecule has 31 heavy (non-hydrogen) atoms. The van der Waals surface area contributed by atoms with Gasteiger partial charge in [-0.05, 0) is 24.1 Å². The summed E-state index contributed by atoms with van der Waals surface area (Å²) in [6, 6.07) is 9.60. The lowest BCUT2D eigenvalue weighted by molar-refractivity contribution is 0.219. The molecule has 1 saturated heterocycles. The molecule has 1 N–H and O–H groups in total. The smallest absolute Gasteiger partial charge is 0.226 e. The molecule has 8 nitrogen and oxygen atoms in total. The van der Waals surface area contributed by atoms with Crippen LogP contribution in [0.1, 0.15) is 13.8 Å². The maximum Gasteiger partial charge on any atom is 0.226 e. The first kappa shape index (κ1) is 20.8. The van der Waals surface area contributed by atoms with E-state index in [0.717, 1.165) is 16.5 Å². The molecule has 2 aromatic heterocycles. The largest absolute Gasteiger partial charge is 0.337 e. The van der Waals surface area contributed by atoms with Gasteiger partial charge in [-0.15, -0.1) is 0 Å². The van der Waals surface area contributed by atoms with Gasteiger partial charge >= 0.3 is 0 Å². The second kappa shape index (κ2) is 9.14. The second-order valence-corrected chi connectivity index (χ2v) is 8.06. The van der Waals surface area contributed by atoms with Crippen LogP contribution in [-0.2, 0) is 0 Å². The molecule has 1 aromatic carbocycles. The summed E-state index contributed by atoms with van der Waals surface area (Å²) in [5, 5.41) is 14.6. The summed E-state index contributed by atoms with van der Waals surface area (Å²) in [6.45, 7) is 6.37. The van der Waals surface area contributed by atoms with E-state index in [1.165, 1.54) is 0 Å². The summed E-state index contributed by atoms with van der Waals surface area (Å²) in [5.41, 5.74) is 0.792. The molecule has 0 spiro atoms. The van der Waals surface area contributed by atoms with Crippen LogP contribution < -0.4 is 10.2 Å². The standard InChI is InChI=1S/C22H23ClN8/c1-15(2)19-13-30(21-26-9-7-20(23)29-21)10-11-31(19)22(27-14-24)28-18-5-3-4-16-12-25-8-6-17(16)18/h3-9,12,15,19H,10-11,13H2,1-2H3,(H,27,28). The van der Waals surface area contributed by atoms with E-state index >= 15 is 0 Å². The highest BCUT2D eigenvalue weighted by atomic mass is 35.5. The zero-order chi connectivity index (χ0) is 21.8. The van der Waals surface area contributed by atoms with Gasteiger partial charge in [-0.3, -0.25) is 10.3 Å². The first-order valence-corrected chi connectivity index (χ1v) is 10.5. The van der Waals surface area contributed by atoms with E-state index in [-0.39, 0.29) is 6.04 Å².